The van der Waals surface area contributed by atoms with Crippen LogP contribution in [-0.2, 0) is 18.3 Å². The van der Waals surface area contributed by atoms with Gasteiger partial charge in [0.25, 0.3) is 0 Å². The average Bonchev–Trinajstić information content (AvgIpc) is 3.11. The Bertz CT molecular complexity index is 1140. The first kappa shape index (κ1) is 26.4. The Morgan fingerprint density at radius 2 is 1.89 bits per heavy atom. The molecule has 0 bridgehead atoms. The largest absolute Gasteiger partial charge is 0.436 e. The van der Waals surface area contributed by atoms with Crippen LogP contribution in [0.3, 0.4) is 0 Å². The standard InChI is InChI=1S/C27H31F2N3O3/c1-5-13-34-18-22(33)16-32(15-19(2)3)17-23-26(20-9-7-6-8-10-20)30-31(4)27(23)35-25-12-11-21(28)14-24(25)29/h1,6-12,14,19,22,33H,13,15-18H2,2-4H3/t22-/m0/s1. The van der Waals surface area contributed by atoms with Crippen molar-refractivity contribution in [2.45, 2.75) is 26.5 Å². The first-order valence-electron chi connectivity index (χ1n) is 11.4. The molecule has 186 valence electrons. The fourth-order valence-electron chi connectivity index (χ4n) is 3.86. The number of nitrogens with zero attached hydrogens (tertiary/aromatic N) is 3. The van der Waals surface area contributed by atoms with Crippen LogP contribution in [0, 0.1) is 29.9 Å². The lowest BCUT2D eigenvalue weighted by Gasteiger charge is -2.27. The summed E-state index contributed by atoms with van der Waals surface area (Å²) < 4.78 is 40.6. The lowest BCUT2D eigenvalue weighted by molar-refractivity contribution is 0.0237. The van der Waals surface area contributed by atoms with E-state index < -0.39 is 17.7 Å². The van der Waals surface area contributed by atoms with Gasteiger partial charge in [0.1, 0.15) is 18.1 Å². The van der Waals surface area contributed by atoms with Crippen LogP contribution in [0.5, 0.6) is 11.6 Å². The normalized spacial score (nSPS) is 12.2. The number of hydrogen-bond acceptors (Lipinski definition) is 5. The third-order valence-electron chi connectivity index (χ3n) is 5.21. The van der Waals surface area contributed by atoms with Gasteiger partial charge in [-0.1, -0.05) is 50.1 Å². The second-order valence-electron chi connectivity index (χ2n) is 8.76. The zero-order valence-corrected chi connectivity index (χ0v) is 20.2. The highest BCUT2D eigenvalue weighted by Gasteiger charge is 2.24. The minimum absolute atomic E-state index is 0.103. The number of halogens is 2. The quantitative estimate of drug-likeness (QED) is 0.301. The van der Waals surface area contributed by atoms with Gasteiger partial charge in [0, 0.05) is 38.3 Å². The Morgan fingerprint density at radius 3 is 2.54 bits per heavy atom. The van der Waals surface area contributed by atoms with Crippen LogP contribution in [0.1, 0.15) is 19.4 Å². The van der Waals surface area contributed by atoms with Crippen molar-refractivity contribution < 1.29 is 23.4 Å². The van der Waals surface area contributed by atoms with E-state index in [0.29, 0.717) is 37.1 Å². The van der Waals surface area contributed by atoms with Gasteiger partial charge in [-0.25, -0.2) is 13.5 Å². The second-order valence-corrected chi connectivity index (χ2v) is 8.76. The predicted molar refractivity (Wildman–Crippen MR) is 131 cm³/mol. The topological polar surface area (TPSA) is 59.8 Å². The SMILES string of the molecule is C#CCOC[C@@H](O)CN(Cc1c(-c2ccccc2)nn(C)c1Oc1ccc(F)cc1F)CC(C)C. The van der Waals surface area contributed by atoms with Crippen molar-refractivity contribution in [3.8, 4) is 35.2 Å². The van der Waals surface area contributed by atoms with E-state index in [2.05, 4.69) is 29.8 Å². The Balaban J connectivity index is 1.98. The minimum Gasteiger partial charge on any atom is -0.436 e. The third kappa shape index (κ3) is 7.36. The molecule has 1 heterocycles. The predicted octanol–water partition coefficient (Wildman–Crippen LogP) is 4.63. The molecular weight excluding hydrogens is 452 g/mol. The Labute approximate surface area is 205 Å². The van der Waals surface area contributed by atoms with Crippen molar-refractivity contribution in [3.63, 3.8) is 0 Å². The van der Waals surface area contributed by atoms with E-state index in [-0.39, 0.29) is 19.0 Å². The van der Waals surface area contributed by atoms with Gasteiger partial charge in [-0.2, -0.15) is 5.10 Å². The van der Waals surface area contributed by atoms with Gasteiger partial charge in [0.2, 0.25) is 5.88 Å². The summed E-state index contributed by atoms with van der Waals surface area (Å²) in [6.45, 7) is 5.79. The molecule has 0 fully saturated rings. The van der Waals surface area contributed by atoms with E-state index in [1.807, 2.05) is 30.3 Å². The number of benzene rings is 2. The molecule has 0 aliphatic carbocycles. The number of aliphatic hydroxyl groups excluding tert-OH is 1. The molecule has 0 unspecified atom stereocenters. The van der Waals surface area contributed by atoms with Gasteiger partial charge in [0.15, 0.2) is 11.6 Å². The first-order valence-corrected chi connectivity index (χ1v) is 11.4. The number of aliphatic hydroxyl groups is 1. The molecule has 0 amide bonds. The first-order chi connectivity index (χ1) is 16.8. The highest BCUT2D eigenvalue weighted by Crippen LogP contribution is 2.35. The molecule has 1 N–H and O–H groups in total. The Hall–Kier alpha value is -3.25. The third-order valence-corrected chi connectivity index (χ3v) is 5.21. The van der Waals surface area contributed by atoms with Crippen LogP contribution in [0.4, 0.5) is 8.78 Å². The monoisotopic (exact) mass is 483 g/mol. The molecule has 8 heteroatoms. The number of hydrogen-bond donors (Lipinski definition) is 1. The van der Waals surface area contributed by atoms with Crippen LogP contribution < -0.4 is 4.74 Å². The summed E-state index contributed by atoms with van der Waals surface area (Å²) in [5, 5.41) is 15.2. The highest BCUT2D eigenvalue weighted by atomic mass is 19.1. The molecule has 0 radical (unpaired) electrons. The van der Waals surface area contributed by atoms with Crippen LogP contribution in [-0.4, -0.2) is 52.2 Å². The summed E-state index contributed by atoms with van der Waals surface area (Å²) in [5.74, 6) is 1.43. The smallest absolute Gasteiger partial charge is 0.222 e. The molecule has 3 aromatic rings. The molecule has 0 saturated heterocycles. The number of ether oxygens (including phenoxy) is 2. The molecule has 2 aromatic carbocycles. The molecule has 6 nitrogen and oxygen atoms in total. The lowest BCUT2D eigenvalue weighted by atomic mass is 10.1. The molecule has 1 aromatic heterocycles. The minimum atomic E-state index is -0.807. The fraction of sp³-hybridized carbons (Fsp3) is 0.370. The second kappa shape index (κ2) is 12.5. The van der Waals surface area contributed by atoms with Crippen molar-refractivity contribution >= 4 is 0 Å². The summed E-state index contributed by atoms with van der Waals surface area (Å²) in [7, 11) is 1.71. The van der Waals surface area contributed by atoms with Gasteiger partial charge in [-0.3, -0.25) is 4.90 Å². The van der Waals surface area contributed by atoms with Gasteiger partial charge in [-0.15, -0.1) is 6.42 Å². The maximum Gasteiger partial charge on any atom is 0.222 e. The molecule has 0 saturated carbocycles. The van der Waals surface area contributed by atoms with E-state index in [4.69, 9.17) is 15.9 Å². The lowest BCUT2D eigenvalue weighted by Crippen LogP contribution is -2.37. The summed E-state index contributed by atoms with van der Waals surface area (Å²) >= 11 is 0. The van der Waals surface area contributed by atoms with Gasteiger partial charge in [0.05, 0.1) is 18.3 Å². The van der Waals surface area contributed by atoms with Gasteiger partial charge < -0.3 is 14.6 Å². The van der Waals surface area contributed by atoms with Crippen LogP contribution >= 0.6 is 0 Å². The summed E-state index contributed by atoms with van der Waals surface area (Å²) in [5.41, 5.74) is 2.27. The molecule has 35 heavy (non-hydrogen) atoms. The van der Waals surface area contributed by atoms with Crippen molar-refractivity contribution in [2.75, 3.05) is 26.3 Å². The molecule has 0 aliphatic heterocycles. The zero-order valence-electron chi connectivity index (χ0n) is 20.2. The number of aromatic nitrogens is 2. The summed E-state index contributed by atoms with van der Waals surface area (Å²) in [6, 6.07) is 12.8. The van der Waals surface area contributed by atoms with Gasteiger partial charge in [-0.05, 0) is 18.1 Å². The van der Waals surface area contributed by atoms with Crippen molar-refractivity contribution in [1.82, 2.24) is 14.7 Å². The Morgan fingerprint density at radius 1 is 1.14 bits per heavy atom. The number of rotatable bonds is 12. The van der Waals surface area contributed by atoms with E-state index >= 15 is 0 Å². The van der Waals surface area contributed by atoms with Crippen LogP contribution in [0.2, 0.25) is 0 Å². The summed E-state index contributed by atoms with van der Waals surface area (Å²) in [4.78, 5) is 2.08. The highest BCUT2D eigenvalue weighted by molar-refractivity contribution is 5.65. The summed E-state index contributed by atoms with van der Waals surface area (Å²) in [6.07, 6.45) is 4.47. The van der Waals surface area contributed by atoms with Gasteiger partial charge >= 0.3 is 0 Å². The van der Waals surface area contributed by atoms with Crippen molar-refractivity contribution in [1.29, 1.82) is 0 Å². The van der Waals surface area contributed by atoms with E-state index in [0.717, 1.165) is 23.3 Å². The van der Waals surface area contributed by atoms with Crippen LogP contribution in [0.15, 0.2) is 48.5 Å². The van der Waals surface area contributed by atoms with E-state index in [1.165, 1.54) is 6.07 Å². The molecule has 0 aliphatic rings. The molecular formula is C27H31F2N3O3. The number of terminal acetylenes is 1. The van der Waals surface area contributed by atoms with E-state index in [1.54, 1.807) is 11.7 Å². The van der Waals surface area contributed by atoms with Crippen molar-refractivity contribution in [3.05, 3.63) is 65.7 Å². The maximum absolute atomic E-state index is 14.4. The zero-order chi connectivity index (χ0) is 25.4. The maximum atomic E-state index is 14.4. The molecule has 0 spiro atoms. The average molecular weight is 484 g/mol. The number of aryl methyl sites for hydroxylation is 1. The Kier molecular flexibility index (Phi) is 9.38. The molecule has 3 rings (SSSR count). The molecule has 1 atom stereocenters. The fourth-order valence-corrected chi connectivity index (χ4v) is 3.86. The van der Waals surface area contributed by atoms with Crippen molar-refractivity contribution in [2.24, 2.45) is 13.0 Å². The van der Waals surface area contributed by atoms with E-state index in [9.17, 15) is 13.9 Å². The van der Waals surface area contributed by atoms with Crippen LogP contribution in [0.25, 0.3) is 11.3 Å².